The number of benzene rings is 1. The third kappa shape index (κ3) is 4.41. The van der Waals surface area contributed by atoms with Gasteiger partial charge in [0.15, 0.2) is 0 Å². The van der Waals surface area contributed by atoms with Gasteiger partial charge in [-0.2, -0.15) is 0 Å². The van der Waals surface area contributed by atoms with E-state index in [1.807, 2.05) is 19.1 Å². The normalized spacial score (nSPS) is 11.0. The van der Waals surface area contributed by atoms with Crippen LogP contribution in [-0.4, -0.2) is 28.7 Å². The fourth-order valence-electron chi connectivity index (χ4n) is 3.28. The Morgan fingerprint density at radius 1 is 1.16 bits per heavy atom. The predicted molar refractivity (Wildman–Crippen MR) is 98.6 cm³/mol. The molecule has 0 saturated carbocycles. The molecule has 0 fully saturated rings. The van der Waals surface area contributed by atoms with E-state index in [0.29, 0.717) is 23.4 Å². The largest absolute Gasteiger partial charge is 0.497 e. The molecule has 0 aliphatic rings. The summed E-state index contributed by atoms with van der Waals surface area (Å²) in [5.74, 6) is -0.221. The Hall–Kier alpha value is -2.30. The van der Waals surface area contributed by atoms with Gasteiger partial charge in [0.25, 0.3) is 0 Å². The zero-order valence-electron chi connectivity index (χ0n) is 15.3. The third-order valence-electron chi connectivity index (χ3n) is 4.61. The molecule has 2 aromatic rings. The number of hydrogen-bond acceptors (Lipinski definition) is 3. The first-order valence-corrected chi connectivity index (χ1v) is 8.92. The van der Waals surface area contributed by atoms with Crippen LogP contribution < -0.4 is 4.74 Å². The molecule has 0 radical (unpaired) electrons. The van der Waals surface area contributed by atoms with E-state index in [9.17, 15) is 14.7 Å². The summed E-state index contributed by atoms with van der Waals surface area (Å²) in [6, 6.07) is 5.45. The van der Waals surface area contributed by atoms with Crippen LogP contribution in [0.2, 0.25) is 0 Å². The third-order valence-corrected chi connectivity index (χ3v) is 4.61. The van der Waals surface area contributed by atoms with Gasteiger partial charge in [0, 0.05) is 17.5 Å². The lowest BCUT2D eigenvalue weighted by Crippen LogP contribution is -2.12. The van der Waals surface area contributed by atoms with Crippen molar-refractivity contribution in [3.63, 3.8) is 0 Å². The van der Waals surface area contributed by atoms with E-state index < -0.39 is 5.97 Å². The number of carbonyl (C=O) groups excluding carboxylic acids is 1. The summed E-state index contributed by atoms with van der Waals surface area (Å²) in [5, 5.41) is 10.0. The zero-order valence-corrected chi connectivity index (χ0v) is 15.3. The second-order valence-corrected chi connectivity index (χ2v) is 6.41. The topological polar surface area (TPSA) is 68.5 Å². The van der Waals surface area contributed by atoms with Crippen LogP contribution in [0.5, 0.6) is 5.75 Å². The smallest absolute Gasteiger partial charge is 0.307 e. The maximum absolute atomic E-state index is 12.8. The number of fused-ring (bicyclic) bond motifs is 1. The molecule has 2 rings (SSSR count). The molecular formula is C20H27NO4. The number of hydrogen-bond donors (Lipinski definition) is 1. The van der Waals surface area contributed by atoms with Crippen molar-refractivity contribution in [2.24, 2.45) is 0 Å². The summed E-state index contributed by atoms with van der Waals surface area (Å²) in [6.07, 6.45) is 5.81. The lowest BCUT2D eigenvalue weighted by atomic mass is 10.1. The Labute approximate surface area is 148 Å². The number of rotatable bonds is 9. The minimum atomic E-state index is -0.906. The SMILES string of the molecule is CCCCCCCC(=O)n1c(C)c(CC(=O)O)c2cc(OC)ccc21. The van der Waals surface area contributed by atoms with Crippen LogP contribution >= 0.6 is 0 Å². The minimum Gasteiger partial charge on any atom is -0.497 e. The lowest BCUT2D eigenvalue weighted by Gasteiger charge is -2.07. The number of carboxylic acid groups (broad SMARTS) is 1. The zero-order chi connectivity index (χ0) is 18.4. The van der Waals surface area contributed by atoms with Crippen molar-refractivity contribution >= 4 is 22.8 Å². The van der Waals surface area contributed by atoms with Gasteiger partial charge in [-0.3, -0.25) is 14.2 Å². The van der Waals surface area contributed by atoms with Crippen LogP contribution in [0.15, 0.2) is 18.2 Å². The highest BCUT2D eigenvalue weighted by molar-refractivity contribution is 5.98. The molecule has 136 valence electrons. The molecule has 1 aromatic carbocycles. The molecular weight excluding hydrogens is 318 g/mol. The van der Waals surface area contributed by atoms with Crippen LogP contribution in [0, 0.1) is 6.92 Å². The maximum Gasteiger partial charge on any atom is 0.307 e. The van der Waals surface area contributed by atoms with E-state index >= 15 is 0 Å². The second-order valence-electron chi connectivity index (χ2n) is 6.41. The first-order valence-electron chi connectivity index (χ1n) is 8.92. The molecule has 0 aliphatic carbocycles. The van der Waals surface area contributed by atoms with Crippen molar-refractivity contribution in [2.45, 2.75) is 58.8 Å². The van der Waals surface area contributed by atoms with E-state index in [4.69, 9.17) is 4.74 Å². The number of ether oxygens (including phenoxy) is 1. The molecule has 0 atom stereocenters. The Morgan fingerprint density at radius 2 is 1.88 bits per heavy atom. The number of nitrogens with zero attached hydrogens (tertiary/aromatic N) is 1. The van der Waals surface area contributed by atoms with E-state index in [2.05, 4.69) is 6.92 Å². The molecule has 5 heteroatoms. The summed E-state index contributed by atoms with van der Waals surface area (Å²) in [7, 11) is 1.57. The van der Waals surface area contributed by atoms with Gasteiger partial charge < -0.3 is 9.84 Å². The van der Waals surface area contributed by atoms with Crippen molar-refractivity contribution in [3.8, 4) is 5.75 Å². The highest BCUT2D eigenvalue weighted by Gasteiger charge is 2.20. The first-order chi connectivity index (χ1) is 12.0. The monoisotopic (exact) mass is 345 g/mol. The van der Waals surface area contributed by atoms with Crippen LogP contribution in [0.4, 0.5) is 0 Å². The average molecular weight is 345 g/mol. The fraction of sp³-hybridized carbons (Fsp3) is 0.500. The van der Waals surface area contributed by atoms with E-state index in [-0.39, 0.29) is 12.3 Å². The number of aromatic nitrogens is 1. The molecule has 0 spiro atoms. The van der Waals surface area contributed by atoms with Gasteiger partial charge in [0.05, 0.1) is 19.0 Å². The average Bonchev–Trinajstić information content (AvgIpc) is 2.85. The summed E-state index contributed by atoms with van der Waals surface area (Å²) in [4.78, 5) is 24.0. The minimum absolute atomic E-state index is 0.0285. The van der Waals surface area contributed by atoms with Gasteiger partial charge in [-0.05, 0) is 37.1 Å². The van der Waals surface area contributed by atoms with Gasteiger partial charge >= 0.3 is 5.97 Å². The molecule has 1 heterocycles. The van der Waals surface area contributed by atoms with Gasteiger partial charge in [0.1, 0.15) is 5.75 Å². The fourth-order valence-corrected chi connectivity index (χ4v) is 3.28. The first kappa shape index (κ1) is 19.0. The van der Waals surface area contributed by atoms with Gasteiger partial charge in [-0.25, -0.2) is 0 Å². The summed E-state index contributed by atoms with van der Waals surface area (Å²) >= 11 is 0. The molecule has 0 saturated heterocycles. The number of carbonyl (C=O) groups is 2. The lowest BCUT2D eigenvalue weighted by molar-refractivity contribution is -0.136. The number of aliphatic carboxylic acids is 1. The molecule has 0 amide bonds. The van der Waals surface area contributed by atoms with Crippen molar-refractivity contribution < 1.29 is 19.4 Å². The van der Waals surface area contributed by atoms with Crippen LogP contribution in [0.3, 0.4) is 0 Å². The van der Waals surface area contributed by atoms with Gasteiger partial charge in [-0.15, -0.1) is 0 Å². The van der Waals surface area contributed by atoms with Gasteiger partial charge in [0.2, 0.25) is 5.91 Å². The standard InChI is InChI=1S/C20H27NO4/c1-4-5-6-7-8-9-19(22)21-14(2)16(13-20(23)24)17-12-15(25-3)10-11-18(17)21/h10-12H,4-9,13H2,1-3H3,(H,23,24). The van der Waals surface area contributed by atoms with Crippen LogP contribution in [-0.2, 0) is 11.2 Å². The quantitative estimate of drug-likeness (QED) is 0.675. The molecule has 0 bridgehead atoms. The van der Waals surface area contributed by atoms with Crippen LogP contribution in [0.1, 0.15) is 61.5 Å². The number of methoxy groups -OCH3 is 1. The number of carboxylic acids is 1. The Bertz CT molecular complexity index is 761. The van der Waals surface area contributed by atoms with Crippen molar-refractivity contribution in [1.82, 2.24) is 4.57 Å². The molecule has 1 N–H and O–H groups in total. The number of unbranched alkanes of at least 4 members (excludes halogenated alkanes) is 4. The molecule has 1 aromatic heterocycles. The van der Waals surface area contributed by atoms with Crippen molar-refractivity contribution in [3.05, 3.63) is 29.5 Å². The highest BCUT2D eigenvalue weighted by Crippen LogP contribution is 2.30. The molecule has 0 aliphatic heterocycles. The molecule has 25 heavy (non-hydrogen) atoms. The second kappa shape index (κ2) is 8.70. The maximum atomic E-state index is 12.8. The van der Waals surface area contributed by atoms with E-state index in [0.717, 1.165) is 30.2 Å². The Balaban J connectivity index is 2.33. The predicted octanol–water partition coefficient (Wildman–Crippen LogP) is 4.59. The van der Waals surface area contributed by atoms with Gasteiger partial charge in [-0.1, -0.05) is 32.6 Å². The summed E-state index contributed by atoms with van der Waals surface area (Å²) in [5.41, 5.74) is 2.15. The molecule has 5 nitrogen and oxygen atoms in total. The Kier molecular flexibility index (Phi) is 6.62. The summed E-state index contributed by atoms with van der Waals surface area (Å²) in [6.45, 7) is 3.98. The molecule has 0 unspecified atom stereocenters. The Morgan fingerprint density at radius 3 is 2.52 bits per heavy atom. The van der Waals surface area contributed by atoms with Crippen molar-refractivity contribution in [2.75, 3.05) is 7.11 Å². The van der Waals surface area contributed by atoms with E-state index in [1.165, 1.54) is 12.8 Å². The van der Waals surface area contributed by atoms with E-state index in [1.54, 1.807) is 17.7 Å². The summed E-state index contributed by atoms with van der Waals surface area (Å²) < 4.78 is 6.93. The van der Waals surface area contributed by atoms with Crippen molar-refractivity contribution in [1.29, 1.82) is 0 Å². The van der Waals surface area contributed by atoms with Crippen LogP contribution in [0.25, 0.3) is 10.9 Å². The highest BCUT2D eigenvalue weighted by atomic mass is 16.5.